The van der Waals surface area contributed by atoms with Gasteiger partial charge in [-0.1, -0.05) is 17.3 Å². The van der Waals surface area contributed by atoms with E-state index >= 15 is 0 Å². The van der Waals surface area contributed by atoms with Crippen molar-refractivity contribution < 1.29 is 14.3 Å². The van der Waals surface area contributed by atoms with Crippen LogP contribution in [0.15, 0.2) is 41.6 Å². The zero-order valence-corrected chi connectivity index (χ0v) is 13.1. The summed E-state index contributed by atoms with van der Waals surface area (Å²) in [5.41, 5.74) is 2.12. The van der Waals surface area contributed by atoms with Gasteiger partial charge in [0.25, 0.3) is 0 Å². The molecule has 1 aromatic rings. The predicted molar refractivity (Wildman–Crippen MR) is 86.4 cm³/mol. The average molecular weight is 289 g/mol. The Hall–Kier alpha value is -2.23. The largest absolute Gasteiger partial charge is 0.490 e. The lowest BCUT2D eigenvalue weighted by atomic mass is 10.1. The van der Waals surface area contributed by atoms with Crippen molar-refractivity contribution in [3.63, 3.8) is 0 Å². The molecule has 0 amide bonds. The Morgan fingerprint density at radius 1 is 1.05 bits per heavy atom. The Kier molecular flexibility index (Phi) is 7.72. The van der Waals surface area contributed by atoms with E-state index in [0.717, 1.165) is 22.6 Å². The molecule has 1 aromatic carbocycles. The first-order chi connectivity index (χ1) is 10.2. The van der Waals surface area contributed by atoms with Gasteiger partial charge in [-0.25, -0.2) is 0 Å². The van der Waals surface area contributed by atoms with Gasteiger partial charge in [-0.05, 0) is 56.2 Å². The number of nitrogens with zero attached hydrogens (tertiary/aromatic N) is 1. The van der Waals surface area contributed by atoms with Gasteiger partial charge in [0, 0.05) is 0 Å². The van der Waals surface area contributed by atoms with E-state index in [1.807, 2.05) is 51.1 Å². The Bertz CT molecular complexity index is 496. The second-order valence-electron chi connectivity index (χ2n) is 4.44. The van der Waals surface area contributed by atoms with Crippen LogP contribution < -0.4 is 9.47 Å². The highest BCUT2D eigenvalue weighted by molar-refractivity contribution is 5.70. The highest BCUT2D eigenvalue weighted by Gasteiger charge is 2.06. The molecular formula is C17H23NO3. The van der Waals surface area contributed by atoms with Crippen molar-refractivity contribution in [2.75, 3.05) is 20.3 Å². The van der Waals surface area contributed by atoms with Gasteiger partial charge in [-0.2, -0.15) is 0 Å². The molecule has 0 fully saturated rings. The molecule has 0 saturated heterocycles. The molecule has 0 bridgehead atoms. The topological polar surface area (TPSA) is 40.0 Å². The number of aryl methyl sites for hydroxylation is 2. The van der Waals surface area contributed by atoms with Crippen LogP contribution in [-0.4, -0.2) is 26.5 Å². The zero-order valence-electron chi connectivity index (χ0n) is 13.1. The van der Waals surface area contributed by atoms with Crippen molar-refractivity contribution in [1.29, 1.82) is 0 Å². The molecule has 21 heavy (non-hydrogen) atoms. The van der Waals surface area contributed by atoms with Crippen molar-refractivity contribution in [1.82, 2.24) is 0 Å². The highest BCUT2D eigenvalue weighted by atomic mass is 16.6. The minimum atomic E-state index is 0.482. The smallest absolute Gasteiger partial charge is 0.125 e. The lowest BCUT2D eigenvalue weighted by Crippen LogP contribution is -2.00. The van der Waals surface area contributed by atoms with E-state index in [0.29, 0.717) is 13.2 Å². The van der Waals surface area contributed by atoms with E-state index in [-0.39, 0.29) is 0 Å². The predicted octanol–water partition coefficient (Wildman–Crippen LogP) is 3.83. The summed E-state index contributed by atoms with van der Waals surface area (Å²) in [6.07, 6.45) is 9.17. The molecule has 114 valence electrons. The van der Waals surface area contributed by atoms with Crippen LogP contribution in [0.2, 0.25) is 0 Å². The molecule has 0 aliphatic rings. The number of allylic oxidation sites excluding steroid dienone is 2. The minimum Gasteiger partial charge on any atom is -0.490 e. The SMILES string of the molecule is C/C=C/COc1cc(C)c(OC/C=C/C=N/OC)c(C)c1. The lowest BCUT2D eigenvalue weighted by Gasteiger charge is -2.13. The Morgan fingerprint density at radius 3 is 2.33 bits per heavy atom. The van der Waals surface area contributed by atoms with Gasteiger partial charge in [0.2, 0.25) is 0 Å². The van der Waals surface area contributed by atoms with Crippen LogP contribution in [0.4, 0.5) is 0 Å². The molecule has 0 atom stereocenters. The Morgan fingerprint density at radius 2 is 1.71 bits per heavy atom. The van der Waals surface area contributed by atoms with E-state index in [9.17, 15) is 0 Å². The number of hydrogen-bond acceptors (Lipinski definition) is 4. The summed E-state index contributed by atoms with van der Waals surface area (Å²) in [6, 6.07) is 3.98. The maximum Gasteiger partial charge on any atom is 0.125 e. The first kappa shape index (κ1) is 16.8. The van der Waals surface area contributed by atoms with E-state index in [1.54, 1.807) is 12.3 Å². The van der Waals surface area contributed by atoms with Crippen LogP contribution in [0.5, 0.6) is 11.5 Å². The molecule has 4 nitrogen and oxygen atoms in total. The van der Waals surface area contributed by atoms with Crippen molar-refractivity contribution >= 4 is 6.21 Å². The number of benzene rings is 1. The molecule has 0 radical (unpaired) electrons. The molecule has 0 saturated carbocycles. The maximum absolute atomic E-state index is 5.77. The van der Waals surface area contributed by atoms with Gasteiger partial charge in [0.1, 0.15) is 31.8 Å². The van der Waals surface area contributed by atoms with Crippen LogP contribution in [0, 0.1) is 13.8 Å². The number of ether oxygens (including phenoxy) is 2. The summed E-state index contributed by atoms with van der Waals surface area (Å²) >= 11 is 0. The molecule has 0 aliphatic heterocycles. The van der Waals surface area contributed by atoms with Crippen molar-refractivity contribution in [2.24, 2.45) is 5.16 Å². The van der Waals surface area contributed by atoms with E-state index in [4.69, 9.17) is 9.47 Å². The van der Waals surface area contributed by atoms with Crippen LogP contribution in [0.25, 0.3) is 0 Å². The molecule has 0 spiro atoms. The molecule has 0 N–H and O–H groups in total. The lowest BCUT2D eigenvalue weighted by molar-refractivity contribution is 0.215. The van der Waals surface area contributed by atoms with Gasteiger partial charge in [-0.15, -0.1) is 0 Å². The van der Waals surface area contributed by atoms with Crippen LogP contribution in [-0.2, 0) is 4.84 Å². The first-order valence-electron chi connectivity index (χ1n) is 6.88. The summed E-state index contributed by atoms with van der Waals surface area (Å²) in [5, 5.41) is 3.61. The fourth-order valence-corrected chi connectivity index (χ4v) is 1.81. The summed E-state index contributed by atoms with van der Waals surface area (Å²) in [5.74, 6) is 1.75. The second-order valence-corrected chi connectivity index (χ2v) is 4.44. The standard InChI is InChI=1S/C17H23NO3/c1-5-6-10-20-16-12-14(2)17(15(3)13-16)21-11-8-7-9-18-19-4/h5-9,12-13H,10-11H2,1-4H3/b6-5+,8-7+,18-9+. The van der Waals surface area contributed by atoms with Crippen molar-refractivity contribution in [2.45, 2.75) is 20.8 Å². The first-order valence-corrected chi connectivity index (χ1v) is 6.88. The average Bonchev–Trinajstić information content (AvgIpc) is 2.45. The molecule has 0 unspecified atom stereocenters. The quantitative estimate of drug-likeness (QED) is 0.415. The summed E-state index contributed by atoms with van der Waals surface area (Å²) < 4.78 is 11.4. The number of rotatable bonds is 8. The maximum atomic E-state index is 5.77. The molecular weight excluding hydrogens is 266 g/mol. The zero-order chi connectivity index (χ0) is 15.5. The van der Waals surface area contributed by atoms with Gasteiger partial charge in [0.15, 0.2) is 0 Å². The van der Waals surface area contributed by atoms with Gasteiger partial charge < -0.3 is 14.3 Å². The van der Waals surface area contributed by atoms with Crippen molar-refractivity contribution in [3.05, 3.63) is 47.6 Å². The Labute approximate surface area is 126 Å². The Balaban J connectivity index is 2.62. The third-order valence-electron chi connectivity index (χ3n) is 2.73. The second kappa shape index (κ2) is 9.64. The van der Waals surface area contributed by atoms with Crippen molar-refractivity contribution in [3.8, 4) is 11.5 Å². The van der Waals surface area contributed by atoms with Gasteiger partial charge >= 0.3 is 0 Å². The number of oxime groups is 1. The minimum absolute atomic E-state index is 0.482. The molecule has 0 aliphatic carbocycles. The van der Waals surface area contributed by atoms with Crippen LogP contribution in [0.1, 0.15) is 18.1 Å². The monoisotopic (exact) mass is 289 g/mol. The van der Waals surface area contributed by atoms with E-state index in [1.165, 1.54) is 7.11 Å². The van der Waals surface area contributed by atoms with Gasteiger partial charge in [-0.3, -0.25) is 0 Å². The summed E-state index contributed by atoms with van der Waals surface area (Å²) in [4.78, 5) is 4.56. The van der Waals surface area contributed by atoms with Crippen LogP contribution in [0.3, 0.4) is 0 Å². The third kappa shape index (κ3) is 6.17. The molecule has 0 heterocycles. The third-order valence-corrected chi connectivity index (χ3v) is 2.73. The summed E-state index contributed by atoms with van der Waals surface area (Å²) in [6.45, 7) is 7.07. The van der Waals surface area contributed by atoms with Gasteiger partial charge in [0.05, 0.1) is 6.21 Å². The van der Waals surface area contributed by atoms with Crippen LogP contribution >= 0.6 is 0 Å². The highest BCUT2D eigenvalue weighted by Crippen LogP contribution is 2.28. The number of hydrogen-bond donors (Lipinski definition) is 0. The van der Waals surface area contributed by atoms with E-state index < -0.39 is 0 Å². The molecule has 1 rings (SSSR count). The normalized spacial score (nSPS) is 11.6. The molecule has 4 heteroatoms. The van der Waals surface area contributed by atoms with E-state index in [2.05, 4.69) is 9.99 Å². The fourth-order valence-electron chi connectivity index (χ4n) is 1.81. The summed E-state index contributed by atoms with van der Waals surface area (Å²) in [7, 11) is 1.51. The fraction of sp³-hybridized carbons (Fsp3) is 0.353. The molecule has 0 aromatic heterocycles.